The summed E-state index contributed by atoms with van der Waals surface area (Å²) in [5.74, 6) is -0.417. The van der Waals surface area contributed by atoms with Crippen LogP contribution in [0, 0.1) is 0 Å². The molecule has 0 saturated carbocycles. The van der Waals surface area contributed by atoms with E-state index in [9.17, 15) is 9.59 Å². The molecule has 0 aromatic heterocycles. The summed E-state index contributed by atoms with van der Waals surface area (Å²) in [6.45, 7) is 10.5. The molecule has 142 valence electrons. The van der Waals surface area contributed by atoms with Gasteiger partial charge in [0.2, 0.25) is 0 Å². The van der Waals surface area contributed by atoms with Crippen LogP contribution in [0.1, 0.15) is 51.4 Å². The smallest absolute Gasteiger partial charge is 0.407 e. The number of hydrogen-bond acceptors (Lipinski definition) is 6. The SMILES string of the molecule is CC.COC(=O)c1ccc(N)c(NCCCNC(=O)OC(C)(C)C)c1. The van der Waals surface area contributed by atoms with E-state index in [0.29, 0.717) is 36.4 Å². The molecule has 1 rings (SSSR count). The number of methoxy groups -OCH3 is 1. The van der Waals surface area contributed by atoms with Crippen LogP contribution in [0.4, 0.5) is 16.2 Å². The van der Waals surface area contributed by atoms with E-state index < -0.39 is 17.7 Å². The Balaban J connectivity index is 0.00000277. The van der Waals surface area contributed by atoms with Crippen LogP contribution in [0.5, 0.6) is 0 Å². The predicted molar refractivity (Wildman–Crippen MR) is 101 cm³/mol. The van der Waals surface area contributed by atoms with Crippen LogP contribution in [-0.4, -0.2) is 37.9 Å². The van der Waals surface area contributed by atoms with Crippen LogP contribution in [0.3, 0.4) is 0 Å². The van der Waals surface area contributed by atoms with E-state index in [-0.39, 0.29) is 0 Å². The molecular weight excluding hydrogens is 322 g/mol. The lowest BCUT2D eigenvalue weighted by Crippen LogP contribution is -2.33. The number of nitrogen functional groups attached to an aromatic ring is 1. The summed E-state index contributed by atoms with van der Waals surface area (Å²) in [4.78, 5) is 23.0. The molecule has 0 saturated heterocycles. The van der Waals surface area contributed by atoms with Crippen molar-refractivity contribution < 1.29 is 19.1 Å². The number of carbonyl (C=O) groups excluding carboxylic acids is 2. The minimum atomic E-state index is -0.509. The highest BCUT2D eigenvalue weighted by Crippen LogP contribution is 2.20. The summed E-state index contributed by atoms with van der Waals surface area (Å²) in [5, 5.41) is 5.80. The van der Waals surface area contributed by atoms with Crippen molar-refractivity contribution in [2.24, 2.45) is 0 Å². The van der Waals surface area contributed by atoms with E-state index in [4.69, 9.17) is 10.5 Å². The number of ether oxygens (including phenoxy) is 2. The number of esters is 1. The Morgan fingerprint density at radius 1 is 1.16 bits per heavy atom. The maximum atomic E-state index is 11.5. The average Bonchev–Trinajstić information content (AvgIpc) is 2.55. The fraction of sp³-hybridized carbons (Fsp3) is 0.556. The van der Waals surface area contributed by atoms with Crippen molar-refractivity contribution in [1.29, 1.82) is 0 Å². The Labute approximate surface area is 150 Å². The van der Waals surface area contributed by atoms with Crippen molar-refractivity contribution >= 4 is 23.4 Å². The van der Waals surface area contributed by atoms with Gasteiger partial charge in [-0.25, -0.2) is 9.59 Å². The highest BCUT2D eigenvalue weighted by molar-refractivity contribution is 5.91. The Kier molecular flexibility index (Phi) is 10.1. The maximum absolute atomic E-state index is 11.5. The molecule has 1 amide bonds. The normalized spacial score (nSPS) is 10.2. The second kappa shape index (κ2) is 11.2. The Bertz CT molecular complexity index is 554. The highest BCUT2D eigenvalue weighted by atomic mass is 16.6. The van der Waals surface area contributed by atoms with Crippen molar-refractivity contribution in [2.75, 3.05) is 31.2 Å². The van der Waals surface area contributed by atoms with E-state index >= 15 is 0 Å². The predicted octanol–water partition coefficient (Wildman–Crippen LogP) is 3.41. The van der Waals surface area contributed by atoms with Gasteiger partial charge in [0.15, 0.2) is 0 Å². The number of carbonyl (C=O) groups is 2. The van der Waals surface area contributed by atoms with E-state index in [0.717, 1.165) is 0 Å². The molecule has 0 unspecified atom stereocenters. The zero-order valence-corrected chi connectivity index (χ0v) is 16.1. The summed E-state index contributed by atoms with van der Waals surface area (Å²) < 4.78 is 9.81. The largest absolute Gasteiger partial charge is 0.465 e. The van der Waals surface area contributed by atoms with E-state index in [1.165, 1.54) is 7.11 Å². The number of rotatable bonds is 6. The lowest BCUT2D eigenvalue weighted by Gasteiger charge is -2.19. The number of amides is 1. The van der Waals surface area contributed by atoms with Crippen LogP contribution in [-0.2, 0) is 9.47 Å². The quantitative estimate of drug-likeness (QED) is 0.411. The Morgan fingerprint density at radius 3 is 2.36 bits per heavy atom. The minimum Gasteiger partial charge on any atom is -0.465 e. The molecule has 0 spiro atoms. The third-order valence-corrected chi connectivity index (χ3v) is 2.81. The molecule has 0 heterocycles. The molecule has 0 aliphatic carbocycles. The number of hydrogen-bond donors (Lipinski definition) is 3. The van der Waals surface area contributed by atoms with E-state index in [1.807, 2.05) is 34.6 Å². The molecule has 0 fully saturated rings. The molecule has 7 heteroatoms. The third-order valence-electron chi connectivity index (χ3n) is 2.81. The number of nitrogens with one attached hydrogen (secondary N) is 2. The summed E-state index contributed by atoms with van der Waals surface area (Å²) >= 11 is 0. The number of alkyl carbamates (subject to hydrolysis) is 1. The van der Waals surface area contributed by atoms with Gasteiger partial charge in [-0.1, -0.05) is 13.8 Å². The maximum Gasteiger partial charge on any atom is 0.407 e. The summed E-state index contributed by atoms with van der Waals surface area (Å²) in [5.41, 5.74) is 6.97. The summed E-state index contributed by atoms with van der Waals surface area (Å²) in [6.07, 6.45) is 0.242. The van der Waals surface area contributed by atoms with Crippen LogP contribution in [0.15, 0.2) is 18.2 Å². The molecule has 1 aromatic carbocycles. The Morgan fingerprint density at radius 2 is 1.80 bits per heavy atom. The highest BCUT2D eigenvalue weighted by Gasteiger charge is 2.15. The zero-order valence-electron chi connectivity index (χ0n) is 16.1. The van der Waals surface area contributed by atoms with Crippen LogP contribution >= 0.6 is 0 Å². The first-order valence-electron chi connectivity index (χ1n) is 8.41. The van der Waals surface area contributed by atoms with E-state index in [1.54, 1.807) is 18.2 Å². The van der Waals surface area contributed by atoms with Crippen LogP contribution < -0.4 is 16.4 Å². The van der Waals surface area contributed by atoms with Gasteiger partial charge in [-0.2, -0.15) is 0 Å². The monoisotopic (exact) mass is 353 g/mol. The zero-order chi connectivity index (χ0) is 19.5. The molecule has 0 aliphatic rings. The van der Waals surface area contributed by atoms with Crippen molar-refractivity contribution in [1.82, 2.24) is 5.32 Å². The number of benzene rings is 1. The average molecular weight is 353 g/mol. The molecule has 0 atom stereocenters. The fourth-order valence-electron chi connectivity index (χ4n) is 1.77. The first-order valence-corrected chi connectivity index (χ1v) is 8.41. The van der Waals surface area contributed by atoms with Gasteiger partial charge in [-0.3, -0.25) is 0 Å². The second-order valence-electron chi connectivity index (χ2n) is 6.00. The molecule has 7 nitrogen and oxygen atoms in total. The standard InChI is InChI=1S/C16H25N3O4.C2H6/c1-16(2,3)23-15(21)19-9-5-8-18-13-10-11(14(20)22-4)6-7-12(13)17;1-2/h6-7,10,18H,5,8-9,17H2,1-4H3,(H,19,21);1-2H3. The van der Waals surface area contributed by atoms with Gasteiger partial charge in [-0.15, -0.1) is 0 Å². The second-order valence-corrected chi connectivity index (χ2v) is 6.00. The molecule has 0 bridgehead atoms. The van der Waals surface area contributed by atoms with Gasteiger partial charge in [0.25, 0.3) is 0 Å². The molecule has 0 aliphatic heterocycles. The molecule has 4 N–H and O–H groups in total. The van der Waals surface area contributed by atoms with Crippen LogP contribution in [0.25, 0.3) is 0 Å². The van der Waals surface area contributed by atoms with Gasteiger partial charge in [0, 0.05) is 13.1 Å². The molecule has 25 heavy (non-hydrogen) atoms. The first kappa shape index (κ1) is 22.6. The summed E-state index contributed by atoms with van der Waals surface area (Å²) in [6, 6.07) is 4.90. The van der Waals surface area contributed by atoms with Gasteiger partial charge < -0.3 is 25.8 Å². The molecule has 0 radical (unpaired) electrons. The summed E-state index contributed by atoms with van der Waals surface area (Å²) in [7, 11) is 1.33. The van der Waals surface area contributed by atoms with Crippen molar-refractivity contribution in [2.45, 2.75) is 46.6 Å². The minimum absolute atomic E-state index is 0.417. The molecular formula is C18H31N3O4. The van der Waals surface area contributed by atoms with Crippen molar-refractivity contribution in [3.8, 4) is 0 Å². The first-order chi connectivity index (χ1) is 11.7. The number of anilines is 2. The third kappa shape index (κ3) is 9.44. The van der Waals surface area contributed by atoms with Gasteiger partial charge in [0.05, 0.1) is 24.0 Å². The lowest BCUT2D eigenvalue weighted by atomic mass is 10.1. The van der Waals surface area contributed by atoms with Gasteiger partial charge in [-0.05, 0) is 45.4 Å². The topological polar surface area (TPSA) is 103 Å². The van der Waals surface area contributed by atoms with Crippen LogP contribution in [0.2, 0.25) is 0 Å². The Hall–Kier alpha value is -2.44. The lowest BCUT2D eigenvalue weighted by molar-refractivity contribution is 0.0526. The number of nitrogens with two attached hydrogens (primary N) is 1. The molecule has 1 aromatic rings. The van der Waals surface area contributed by atoms with Crippen molar-refractivity contribution in [3.05, 3.63) is 23.8 Å². The van der Waals surface area contributed by atoms with Crippen molar-refractivity contribution in [3.63, 3.8) is 0 Å². The van der Waals surface area contributed by atoms with Gasteiger partial charge >= 0.3 is 12.1 Å². The van der Waals surface area contributed by atoms with Gasteiger partial charge in [0.1, 0.15) is 5.60 Å². The fourth-order valence-corrected chi connectivity index (χ4v) is 1.77. The van der Waals surface area contributed by atoms with E-state index in [2.05, 4.69) is 15.4 Å².